The van der Waals surface area contributed by atoms with Crippen molar-refractivity contribution in [3.63, 3.8) is 0 Å². The predicted molar refractivity (Wildman–Crippen MR) is 153 cm³/mol. The number of aliphatic imine (C=N–C) groups is 1. The first-order chi connectivity index (χ1) is 17.6. The van der Waals surface area contributed by atoms with E-state index >= 15 is 0 Å². The zero-order valence-corrected chi connectivity index (χ0v) is 22.9. The molecule has 0 bridgehead atoms. The van der Waals surface area contributed by atoms with Crippen LogP contribution in [0.5, 0.6) is 0 Å². The molecule has 1 N–H and O–H groups in total. The Labute approximate surface area is 219 Å². The van der Waals surface area contributed by atoms with Crippen LogP contribution in [0.1, 0.15) is 116 Å². The quantitative estimate of drug-likeness (QED) is 0.232. The van der Waals surface area contributed by atoms with Gasteiger partial charge in [0.15, 0.2) is 5.78 Å². The molecular formula is C33H46N2O. The second-order valence-corrected chi connectivity index (χ2v) is 11.0. The molecule has 2 aromatic carbocycles. The van der Waals surface area contributed by atoms with Gasteiger partial charge in [0.2, 0.25) is 0 Å². The van der Waals surface area contributed by atoms with Gasteiger partial charge >= 0.3 is 0 Å². The lowest BCUT2D eigenvalue weighted by Gasteiger charge is -2.24. The van der Waals surface area contributed by atoms with E-state index < -0.39 is 0 Å². The maximum atomic E-state index is 12.6. The van der Waals surface area contributed by atoms with Gasteiger partial charge < -0.3 is 5.32 Å². The number of fused-ring (bicyclic) bond motifs is 1. The summed E-state index contributed by atoms with van der Waals surface area (Å²) in [4.78, 5) is 17.4. The molecule has 0 saturated heterocycles. The zero-order valence-electron chi connectivity index (χ0n) is 22.9. The molecule has 2 aliphatic rings. The van der Waals surface area contributed by atoms with E-state index in [1.165, 1.54) is 56.1 Å². The van der Waals surface area contributed by atoms with Gasteiger partial charge in [0.1, 0.15) is 0 Å². The van der Waals surface area contributed by atoms with Crippen molar-refractivity contribution in [2.75, 3.05) is 13.1 Å². The van der Waals surface area contributed by atoms with Crippen LogP contribution in [0.25, 0.3) is 0 Å². The summed E-state index contributed by atoms with van der Waals surface area (Å²) in [5, 5.41) is 3.92. The van der Waals surface area contributed by atoms with E-state index in [9.17, 15) is 4.79 Å². The topological polar surface area (TPSA) is 41.5 Å². The molecule has 2 aromatic rings. The van der Waals surface area contributed by atoms with Crippen LogP contribution in [-0.4, -0.2) is 24.6 Å². The predicted octanol–water partition coefficient (Wildman–Crippen LogP) is 7.77. The average Bonchev–Trinajstić information content (AvgIpc) is 3.70. The number of rotatable bonds is 13. The van der Waals surface area contributed by atoms with Crippen molar-refractivity contribution in [2.45, 2.75) is 104 Å². The number of nitrogens with one attached hydrogen (secondary N) is 1. The van der Waals surface area contributed by atoms with Crippen LogP contribution in [-0.2, 0) is 19.3 Å². The highest BCUT2D eigenvalue weighted by molar-refractivity contribution is 6.11. The van der Waals surface area contributed by atoms with Gasteiger partial charge in [-0.05, 0) is 105 Å². The van der Waals surface area contributed by atoms with Crippen molar-refractivity contribution in [3.05, 3.63) is 69.8 Å². The third kappa shape index (κ3) is 7.38. The van der Waals surface area contributed by atoms with Crippen molar-refractivity contribution in [2.24, 2.45) is 10.9 Å². The van der Waals surface area contributed by atoms with E-state index in [1.54, 1.807) is 16.7 Å². The van der Waals surface area contributed by atoms with Crippen LogP contribution in [0.3, 0.4) is 0 Å². The summed E-state index contributed by atoms with van der Waals surface area (Å²) >= 11 is 0. The highest BCUT2D eigenvalue weighted by Crippen LogP contribution is 2.35. The maximum absolute atomic E-state index is 12.6. The summed E-state index contributed by atoms with van der Waals surface area (Å²) < 4.78 is 0. The number of benzene rings is 2. The van der Waals surface area contributed by atoms with E-state index in [-0.39, 0.29) is 5.78 Å². The summed E-state index contributed by atoms with van der Waals surface area (Å²) in [5.41, 5.74) is 9.30. The van der Waals surface area contributed by atoms with Gasteiger partial charge in [-0.15, -0.1) is 0 Å². The molecule has 2 aliphatic carbocycles. The normalized spacial score (nSPS) is 17.8. The van der Waals surface area contributed by atoms with Gasteiger partial charge in [0.25, 0.3) is 0 Å². The first-order valence-electron chi connectivity index (χ1n) is 14.6. The summed E-state index contributed by atoms with van der Waals surface area (Å²) in [6, 6.07) is 13.5. The lowest BCUT2D eigenvalue weighted by molar-refractivity contribution is 0.100. The van der Waals surface area contributed by atoms with E-state index in [1.807, 2.05) is 18.2 Å². The summed E-state index contributed by atoms with van der Waals surface area (Å²) in [5.74, 6) is 1.16. The van der Waals surface area contributed by atoms with Crippen molar-refractivity contribution in [1.29, 1.82) is 0 Å². The third-order valence-electron chi connectivity index (χ3n) is 8.02. The molecular weight excluding hydrogens is 440 g/mol. The fourth-order valence-electron chi connectivity index (χ4n) is 5.86. The van der Waals surface area contributed by atoms with E-state index in [0.717, 1.165) is 56.0 Å². The Kier molecular flexibility index (Phi) is 9.92. The van der Waals surface area contributed by atoms with Crippen LogP contribution in [0.4, 0.5) is 0 Å². The van der Waals surface area contributed by atoms with Crippen molar-refractivity contribution in [3.8, 4) is 0 Å². The highest BCUT2D eigenvalue weighted by Gasteiger charge is 2.23. The maximum Gasteiger partial charge on any atom is 0.168 e. The minimum Gasteiger partial charge on any atom is -0.310 e. The van der Waals surface area contributed by atoms with Crippen LogP contribution in [0, 0.1) is 12.8 Å². The smallest absolute Gasteiger partial charge is 0.168 e. The Morgan fingerprint density at radius 3 is 2.67 bits per heavy atom. The number of hydrogen-bond donors (Lipinski definition) is 1. The van der Waals surface area contributed by atoms with E-state index in [0.29, 0.717) is 12.5 Å². The standard InChI is InChI=1S/C33H46N2O/c1-4-11-32(31-22-26(21-25-14-15-25)20-24(3)29(31)5-2)35-19-10-6-9-18-34-28-17-16-27-12-7-8-13-30(27)33(36)23-28/h7-8,12-13,20,22,25,32,35H,4-6,9-11,14-19,21,23H2,1-3H3. The molecule has 1 fully saturated rings. The molecule has 194 valence electrons. The van der Waals surface area contributed by atoms with Gasteiger partial charge in [-0.25, -0.2) is 0 Å². The fourth-order valence-corrected chi connectivity index (χ4v) is 5.86. The van der Waals surface area contributed by atoms with Crippen molar-refractivity contribution < 1.29 is 4.79 Å². The number of carbonyl (C=O) groups excluding carboxylic acids is 1. The number of hydrogen-bond acceptors (Lipinski definition) is 3. The Hall–Kier alpha value is -2.26. The number of unbranched alkanes of at least 4 members (excludes halogenated alkanes) is 2. The number of nitrogens with zero attached hydrogens (tertiary/aromatic N) is 1. The molecule has 0 aromatic heterocycles. The number of Topliss-reactive ketones (excluding diaryl/α,β-unsaturated/α-hetero) is 1. The largest absolute Gasteiger partial charge is 0.310 e. The van der Waals surface area contributed by atoms with Gasteiger partial charge in [-0.2, -0.15) is 0 Å². The summed E-state index contributed by atoms with van der Waals surface area (Å²) in [6.45, 7) is 8.82. The van der Waals surface area contributed by atoms with Crippen molar-refractivity contribution >= 4 is 11.5 Å². The van der Waals surface area contributed by atoms with Crippen LogP contribution in [0.15, 0.2) is 41.4 Å². The Bertz CT molecular complexity index is 1050. The number of aryl methyl sites for hydroxylation is 2. The average molecular weight is 487 g/mol. The van der Waals surface area contributed by atoms with Gasteiger partial charge in [0, 0.05) is 30.3 Å². The van der Waals surface area contributed by atoms with E-state index in [4.69, 9.17) is 4.99 Å². The molecule has 0 amide bonds. The Balaban J connectivity index is 1.24. The second kappa shape index (κ2) is 13.3. The van der Waals surface area contributed by atoms with E-state index in [2.05, 4.69) is 44.3 Å². The molecule has 1 saturated carbocycles. The van der Waals surface area contributed by atoms with Crippen LogP contribution < -0.4 is 5.32 Å². The fraction of sp³-hybridized carbons (Fsp3) is 0.576. The monoisotopic (exact) mass is 486 g/mol. The summed E-state index contributed by atoms with van der Waals surface area (Å²) in [7, 11) is 0. The number of carbonyl (C=O) groups is 1. The first-order valence-corrected chi connectivity index (χ1v) is 14.6. The molecule has 36 heavy (non-hydrogen) atoms. The van der Waals surface area contributed by atoms with Gasteiger partial charge in [-0.1, -0.05) is 63.1 Å². The van der Waals surface area contributed by atoms with Crippen LogP contribution >= 0.6 is 0 Å². The molecule has 1 unspecified atom stereocenters. The molecule has 1 atom stereocenters. The van der Waals surface area contributed by atoms with Gasteiger partial charge in [-0.3, -0.25) is 9.79 Å². The molecule has 3 nitrogen and oxygen atoms in total. The molecule has 0 radical (unpaired) electrons. The third-order valence-corrected chi connectivity index (χ3v) is 8.02. The summed E-state index contributed by atoms with van der Waals surface area (Å²) in [6.07, 6.45) is 13.4. The Morgan fingerprint density at radius 2 is 1.89 bits per heavy atom. The molecule has 3 heteroatoms. The molecule has 4 rings (SSSR count). The van der Waals surface area contributed by atoms with Gasteiger partial charge in [0.05, 0.1) is 0 Å². The Morgan fingerprint density at radius 1 is 1.06 bits per heavy atom. The lowest BCUT2D eigenvalue weighted by atomic mass is 9.89. The lowest BCUT2D eigenvalue weighted by Crippen LogP contribution is -2.24. The second-order valence-electron chi connectivity index (χ2n) is 11.0. The highest BCUT2D eigenvalue weighted by atomic mass is 16.1. The zero-order chi connectivity index (χ0) is 25.3. The van der Waals surface area contributed by atoms with Crippen molar-refractivity contribution in [1.82, 2.24) is 5.32 Å². The molecule has 0 aliphatic heterocycles. The number of ketones is 1. The molecule has 0 spiro atoms. The minimum atomic E-state index is 0.232. The molecule has 0 heterocycles. The minimum absolute atomic E-state index is 0.232. The van der Waals surface area contributed by atoms with Crippen LogP contribution in [0.2, 0.25) is 0 Å². The first kappa shape index (κ1) is 26.8. The SMILES string of the molecule is CCCC(NCCCCCN=C1CCc2ccccc2C(=O)C1)c1cc(CC2CC2)cc(C)c1CC.